The summed E-state index contributed by atoms with van der Waals surface area (Å²) in [5, 5.41) is 9.79. The van der Waals surface area contributed by atoms with E-state index in [4.69, 9.17) is 16.9 Å². The maximum Gasteiger partial charge on any atom is 0.120 e. The molecular formula is C14H13ClN2. The van der Waals surface area contributed by atoms with Crippen LogP contribution < -0.4 is 0 Å². The summed E-state index contributed by atoms with van der Waals surface area (Å²) in [4.78, 5) is 0. The Morgan fingerprint density at radius 3 is 2.47 bits per heavy atom. The molecule has 2 rings (SSSR count). The fourth-order valence-corrected chi connectivity index (χ4v) is 2.00. The molecule has 0 aliphatic carbocycles. The Hall–Kier alpha value is -1.72. The molecular weight excluding hydrogens is 232 g/mol. The van der Waals surface area contributed by atoms with Crippen LogP contribution in [0.4, 0.5) is 0 Å². The first kappa shape index (κ1) is 11.8. The molecule has 0 aliphatic rings. The monoisotopic (exact) mass is 244 g/mol. The smallest absolute Gasteiger partial charge is 0.120 e. The predicted molar refractivity (Wildman–Crippen MR) is 69.1 cm³/mol. The Bertz CT molecular complexity index is 547. The van der Waals surface area contributed by atoms with Gasteiger partial charge >= 0.3 is 0 Å². The van der Waals surface area contributed by atoms with Gasteiger partial charge in [-0.3, -0.25) is 0 Å². The van der Waals surface area contributed by atoms with Gasteiger partial charge in [-0.1, -0.05) is 30.7 Å². The van der Waals surface area contributed by atoms with Gasteiger partial charge in [0.1, 0.15) is 11.8 Å². The summed E-state index contributed by atoms with van der Waals surface area (Å²) in [6.45, 7) is 2.81. The first-order chi connectivity index (χ1) is 8.24. The highest BCUT2D eigenvalue weighted by Crippen LogP contribution is 2.15. The zero-order valence-electron chi connectivity index (χ0n) is 9.65. The van der Waals surface area contributed by atoms with Gasteiger partial charge in [0, 0.05) is 17.3 Å². The highest BCUT2D eigenvalue weighted by molar-refractivity contribution is 6.30. The van der Waals surface area contributed by atoms with Gasteiger partial charge < -0.3 is 4.57 Å². The molecule has 0 spiro atoms. The first-order valence-electron chi connectivity index (χ1n) is 5.57. The van der Waals surface area contributed by atoms with Crippen LogP contribution in [0.1, 0.15) is 23.9 Å². The standard InChI is InChI=1S/C14H13ClN2/c1-2-13-7-8-14(9-16)17(13)10-11-3-5-12(15)6-4-11/h3-8H,2,10H2,1H3. The number of hydrogen-bond acceptors (Lipinski definition) is 1. The number of rotatable bonds is 3. The summed E-state index contributed by atoms with van der Waals surface area (Å²) in [6, 6.07) is 13.8. The largest absolute Gasteiger partial charge is 0.332 e. The van der Waals surface area contributed by atoms with Gasteiger partial charge in [0.25, 0.3) is 0 Å². The lowest BCUT2D eigenvalue weighted by Crippen LogP contribution is -2.05. The zero-order valence-corrected chi connectivity index (χ0v) is 10.4. The van der Waals surface area contributed by atoms with E-state index in [1.807, 2.05) is 41.0 Å². The molecule has 0 radical (unpaired) electrons. The molecule has 1 aromatic heterocycles. The van der Waals surface area contributed by atoms with E-state index in [-0.39, 0.29) is 0 Å². The fourth-order valence-electron chi connectivity index (χ4n) is 1.88. The average molecular weight is 245 g/mol. The Morgan fingerprint density at radius 1 is 1.18 bits per heavy atom. The van der Waals surface area contributed by atoms with E-state index in [1.165, 1.54) is 5.69 Å². The van der Waals surface area contributed by atoms with Crippen LogP contribution in [0, 0.1) is 11.3 Å². The van der Waals surface area contributed by atoms with Crippen LogP contribution >= 0.6 is 11.6 Å². The third-order valence-electron chi connectivity index (χ3n) is 2.80. The van der Waals surface area contributed by atoms with Gasteiger partial charge in [-0.2, -0.15) is 5.26 Å². The molecule has 0 unspecified atom stereocenters. The molecule has 0 atom stereocenters. The summed E-state index contributed by atoms with van der Waals surface area (Å²) in [5.41, 5.74) is 3.03. The van der Waals surface area contributed by atoms with Crippen molar-refractivity contribution in [3.8, 4) is 6.07 Å². The van der Waals surface area contributed by atoms with Gasteiger partial charge in [0.2, 0.25) is 0 Å². The molecule has 0 saturated heterocycles. The molecule has 0 bridgehead atoms. The van der Waals surface area contributed by atoms with Crippen LogP contribution in [0.15, 0.2) is 36.4 Å². The Morgan fingerprint density at radius 2 is 1.88 bits per heavy atom. The number of nitriles is 1. The van der Waals surface area contributed by atoms with E-state index in [9.17, 15) is 0 Å². The number of benzene rings is 1. The van der Waals surface area contributed by atoms with E-state index >= 15 is 0 Å². The second kappa shape index (κ2) is 5.07. The van der Waals surface area contributed by atoms with Crippen molar-refractivity contribution in [1.82, 2.24) is 4.57 Å². The minimum absolute atomic E-state index is 0.705. The molecule has 86 valence electrons. The molecule has 17 heavy (non-hydrogen) atoms. The Labute approximate surface area is 106 Å². The lowest BCUT2D eigenvalue weighted by molar-refractivity contribution is 0.741. The lowest BCUT2D eigenvalue weighted by atomic mass is 10.2. The molecule has 2 aromatic rings. The highest BCUT2D eigenvalue weighted by Gasteiger charge is 2.06. The van der Waals surface area contributed by atoms with E-state index < -0.39 is 0 Å². The van der Waals surface area contributed by atoms with E-state index in [2.05, 4.69) is 13.0 Å². The first-order valence-corrected chi connectivity index (χ1v) is 5.95. The summed E-state index contributed by atoms with van der Waals surface area (Å²) < 4.78 is 2.04. The number of aromatic nitrogens is 1. The normalized spacial score (nSPS) is 10.2. The Balaban J connectivity index is 2.32. The van der Waals surface area contributed by atoms with E-state index in [1.54, 1.807) is 0 Å². The van der Waals surface area contributed by atoms with Crippen molar-refractivity contribution in [3.63, 3.8) is 0 Å². The number of hydrogen-bond donors (Lipinski definition) is 0. The quantitative estimate of drug-likeness (QED) is 0.811. The maximum absolute atomic E-state index is 9.06. The second-order valence-corrected chi connectivity index (χ2v) is 4.32. The molecule has 0 fully saturated rings. The molecule has 1 aromatic carbocycles. The summed E-state index contributed by atoms with van der Waals surface area (Å²) in [7, 11) is 0. The lowest BCUT2D eigenvalue weighted by Gasteiger charge is -2.09. The zero-order chi connectivity index (χ0) is 12.3. The van der Waals surface area contributed by atoms with Gasteiger partial charge in [-0.05, 0) is 36.2 Å². The third-order valence-corrected chi connectivity index (χ3v) is 3.05. The van der Waals surface area contributed by atoms with Crippen LogP contribution in [0.25, 0.3) is 0 Å². The number of nitrogens with zero attached hydrogens (tertiary/aromatic N) is 2. The number of halogens is 1. The minimum atomic E-state index is 0.705. The van der Waals surface area contributed by atoms with Crippen molar-refractivity contribution in [2.75, 3.05) is 0 Å². The van der Waals surface area contributed by atoms with Gasteiger partial charge in [-0.15, -0.1) is 0 Å². The molecule has 0 N–H and O–H groups in total. The van der Waals surface area contributed by atoms with Gasteiger partial charge in [-0.25, -0.2) is 0 Å². The van der Waals surface area contributed by atoms with Crippen molar-refractivity contribution in [2.45, 2.75) is 19.9 Å². The Kier molecular flexibility index (Phi) is 3.51. The minimum Gasteiger partial charge on any atom is -0.332 e. The SMILES string of the molecule is CCc1ccc(C#N)n1Cc1ccc(Cl)cc1. The van der Waals surface area contributed by atoms with Crippen molar-refractivity contribution < 1.29 is 0 Å². The molecule has 3 heteroatoms. The summed E-state index contributed by atoms with van der Waals surface area (Å²) in [5.74, 6) is 0. The predicted octanol–water partition coefficient (Wildman–Crippen LogP) is 3.62. The van der Waals surface area contributed by atoms with Crippen LogP contribution in [0.3, 0.4) is 0 Å². The molecule has 0 saturated carbocycles. The van der Waals surface area contributed by atoms with Gasteiger partial charge in [0.05, 0.1) is 0 Å². The topological polar surface area (TPSA) is 28.7 Å². The van der Waals surface area contributed by atoms with Crippen molar-refractivity contribution in [1.29, 1.82) is 5.26 Å². The average Bonchev–Trinajstić information content (AvgIpc) is 2.74. The van der Waals surface area contributed by atoms with Crippen molar-refractivity contribution in [3.05, 3.63) is 58.4 Å². The summed E-state index contributed by atoms with van der Waals surface area (Å²) >= 11 is 5.85. The van der Waals surface area contributed by atoms with Gasteiger partial charge in [0.15, 0.2) is 0 Å². The molecule has 2 nitrogen and oxygen atoms in total. The van der Waals surface area contributed by atoms with E-state index in [0.29, 0.717) is 5.69 Å². The van der Waals surface area contributed by atoms with Crippen molar-refractivity contribution in [2.24, 2.45) is 0 Å². The van der Waals surface area contributed by atoms with Crippen LogP contribution in [-0.4, -0.2) is 4.57 Å². The molecule has 0 amide bonds. The summed E-state index contributed by atoms with van der Waals surface area (Å²) in [6.07, 6.45) is 0.926. The maximum atomic E-state index is 9.06. The third kappa shape index (κ3) is 2.51. The second-order valence-electron chi connectivity index (χ2n) is 3.89. The van der Waals surface area contributed by atoms with Crippen molar-refractivity contribution >= 4 is 11.6 Å². The van der Waals surface area contributed by atoms with E-state index in [0.717, 1.165) is 23.6 Å². The highest BCUT2D eigenvalue weighted by atomic mass is 35.5. The fraction of sp³-hybridized carbons (Fsp3) is 0.214. The van der Waals surface area contributed by atoms with Crippen LogP contribution in [-0.2, 0) is 13.0 Å². The van der Waals surface area contributed by atoms with Crippen LogP contribution in [0.5, 0.6) is 0 Å². The van der Waals surface area contributed by atoms with Crippen LogP contribution in [0.2, 0.25) is 5.02 Å². The number of aryl methyl sites for hydroxylation is 1. The molecule has 0 aliphatic heterocycles. The molecule has 1 heterocycles.